The molecule has 3 heteroatoms. The summed E-state index contributed by atoms with van der Waals surface area (Å²) >= 11 is 0. The Morgan fingerprint density at radius 2 is 1.87 bits per heavy atom. The highest BCUT2D eigenvalue weighted by molar-refractivity contribution is 5.79. The molecule has 8 atom stereocenters. The Kier molecular flexibility index (Phi) is 6.45. The van der Waals surface area contributed by atoms with Crippen LogP contribution in [0.2, 0.25) is 0 Å². The topological polar surface area (TPSA) is 43.4 Å². The summed E-state index contributed by atoms with van der Waals surface area (Å²) in [7, 11) is 0. The first-order valence-electron chi connectivity index (χ1n) is 13.1. The lowest BCUT2D eigenvalue weighted by Gasteiger charge is -2.60. The second-order valence-electron chi connectivity index (χ2n) is 11.8. The third-order valence-corrected chi connectivity index (χ3v) is 10.4. The molecule has 3 fully saturated rings. The number of esters is 1. The van der Waals surface area contributed by atoms with Crippen LogP contribution in [0.4, 0.5) is 0 Å². The van der Waals surface area contributed by atoms with E-state index in [1.54, 1.807) is 12.5 Å². The zero-order chi connectivity index (χ0) is 22.4. The average molecular weight is 429 g/mol. The number of fused-ring (bicyclic) bond motifs is 5. The fourth-order valence-corrected chi connectivity index (χ4v) is 8.91. The van der Waals surface area contributed by atoms with Crippen LogP contribution in [0.15, 0.2) is 11.6 Å². The molecule has 0 aliphatic heterocycles. The normalized spacial score (nSPS) is 44.0. The maximum atomic E-state index is 12.4. The molecular weight excluding hydrogens is 384 g/mol. The number of ether oxygens (including phenoxy) is 1. The maximum absolute atomic E-state index is 12.4. The monoisotopic (exact) mass is 428 g/mol. The average Bonchev–Trinajstić information content (AvgIpc) is 3.06. The quantitative estimate of drug-likeness (QED) is 0.263. The Morgan fingerprint density at radius 3 is 2.55 bits per heavy atom. The molecule has 0 N–H and O–H groups in total. The van der Waals surface area contributed by atoms with Crippen molar-refractivity contribution in [3.05, 3.63) is 11.6 Å². The van der Waals surface area contributed by atoms with E-state index in [1.165, 1.54) is 44.9 Å². The number of carbonyl (C=O) groups excluding carboxylic acids is 2. The third-order valence-electron chi connectivity index (χ3n) is 10.4. The molecular formula is C28H44O3. The lowest BCUT2D eigenvalue weighted by Crippen LogP contribution is -2.54. The predicted molar refractivity (Wildman–Crippen MR) is 124 cm³/mol. The van der Waals surface area contributed by atoms with Crippen molar-refractivity contribution in [3.8, 4) is 0 Å². The van der Waals surface area contributed by atoms with E-state index in [0.717, 1.165) is 37.5 Å². The number of ketones is 1. The largest absolute Gasteiger partial charge is 0.462 e. The highest BCUT2D eigenvalue weighted by Crippen LogP contribution is 2.67. The summed E-state index contributed by atoms with van der Waals surface area (Å²) in [5, 5.41) is 0. The Bertz CT molecular complexity index is 739. The minimum Gasteiger partial charge on any atom is -0.462 e. The summed E-state index contributed by atoms with van der Waals surface area (Å²) in [6.07, 6.45) is 15.6. The molecule has 4 aliphatic rings. The van der Waals surface area contributed by atoms with Crippen molar-refractivity contribution in [1.29, 1.82) is 0 Å². The molecule has 0 amide bonds. The van der Waals surface area contributed by atoms with E-state index in [4.69, 9.17) is 4.74 Å². The van der Waals surface area contributed by atoms with Gasteiger partial charge in [0.25, 0.3) is 0 Å². The summed E-state index contributed by atoms with van der Waals surface area (Å²) in [4.78, 5) is 24.2. The molecule has 31 heavy (non-hydrogen) atoms. The van der Waals surface area contributed by atoms with Gasteiger partial charge in [0.2, 0.25) is 0 Å². The molecule has 0 aromatic rings. The van der Waals surface area contributed by atoms with Gasteiger partial charge in [-0.1, -0.05) is 51.7 Å². The second-order valence-corrected chi connectivity index (χ2v) is 11.8. The van der Waals surface area contributed by atoms with Crippen molar-refractivity contribution in [2.24, 2.45) is 40.4 Å². The van der Waals surface area contributed by atoms with Gasteiger partial charge in [0.15, 0.2) is 0 Å². The Hall–Kier alpha value is -1.12. The lowest BCUT2D eigenvalue weighted by molar-refractivity contribution is -0.151. The van der Waals surface area contributed by atoms with Gasteiger partial charge in [-0.25, -0.2) is 0 Å². The molecule has 3 saturated carbocycles. The molecule has 0 aromatic carbocycles. The van der Waals surface area contributed by atoms with Crippen LogP contribution in [0, 0.1) is 40.4 Å². The van der Waals surface area contributed by atoms with Crippen LogP contribution < -0.4 is 0 Å². The van der Waals surface area contributed by atoms with E-state index >= 15 is 0 Å². The van der Waals surface area contributed by atoms with E-state index < -0.39 is 0 Å². The molecule has 3 nitrogen and oxygen atoms in total. The van der Waals surface area contributed by atoms with Gasteiger partial charge in [-0.15, -0.1) is 0 Å². The highest BCUT2D eigenvalue weighted by Gasteiger charge is 2.61. The number of unbranched alkanes of at least 4 members (excludes halogenated alkanes) is 2. The number of rotatable bonds is 6. The van der Waals surface area contributed by atoms with Crippen molar-refractivity contribution in [2.45, 2.75) is 111 Å². The third kappa shape index (κ3) is 3.82. The maximum Gasteiger partial charge on any atom is 0.302 e. The molecule has 4 aliphatic carbocycles. The minimum atomic E-state index is -0.134. The van der Waals surface area contributed by atoms with Crippen LogP contribution in [0.25, 0.3) is 0 Å². The Labute approximate surface area is 189 Å². The van der Waals surface area contributed by atoms with Crippen LogP contribution in [-0.4, -0.2) is 17.9 Å². The van der Waals surface area contributed by atoms with Crippen LogP contribution in [0.1, 0.15) is 105 Å². The summed E-state index contributed by atoms with van der Waals surface area (Å²) in [5.74, 6) is 3.29. The van der Waals surface area contributed by atoms with Gasteiger partial charge in [-0.2, -0.15) is 0 Å². The first-order valence-corrected chi connectivity index (χ1v) is 13.1. The molecule has 0 bridgehead atoms. The highest BCUT2D eigenvalue weighted by atomic mass is 16.5. The van der Waals surface area contributed by atoms with E-state index in [9.17, 15) is 9.59 Å². The molecule has 2 unspecified atom stereocenters. The smallest absolute Gasteiger partial charge is 0.302 e. The minimum absolute atomic E-state index is 0.0578. The van der Waals surface area contributed by atoms with Gasteiger partial charge in [0.05, 0.1) is 0 Å². The van der Waals surface area contributed by atoms with Crippen molar-refractivity contribution in [1.82, 2.24) is 0 Å². The summed E-state index contributed by atoms with van der Waals surface area (Å²) < 4.78 is 5.77. The van der Waals surface area contributed by atoms with Gasteiger partial charge >= 0.3 is 5.97 Å². The molecule has 0 saturated heterocycles. The van der Waals surface area contributed by atoms with E-state index in [1.807, 2.05) is 6.92 Å². The van der Waals surface area contributed by atoms with Gasteiger partial charge in [0.1, 0.15) is 11.9 Å². The van der Waals surface area contributed by atoms with Crippen LogP contribution in [0.3, 0.4) is 0 Å². The fourth-order valence-electron chi connectivity index (χ4n) is 8.91. The van der Waals surface area contributed by atoms with Crippen LogP contribution >= 0.6 is 0 Å². The van der Waals surface area contributed by atoms with E-state index in [0.29, 0.717) is 17.6 Å². The molecule has 174 valence electrons. The number of allylic oxidation sites excluding steroid dienone is 1. The number of Topliss-reactive ketones (excluding diaryl/α,β-unsaturated/α-hetero) is 1. The first-order chi connectivity index (χ1) is 14.7. The second kappa shape index (κ2) is 8.67. The summed E-state index contributed by atoms with van der Waals surface area (Å²) in [6.45, 7) is 10.7. The zero-order valence-electron chi connectivity index (χ0n) is 20.5. The molecule has 0 aromatic heterocycles. The predicted octanol–water partition coefficient (Wildman–Crippen LogP) is 6.89. The molecule has 4 rings (SSSR count). The molecule has 0 radical (unpaired) electrons. The Morgan fingerprint density at radius 1 is 1.10 bits per heavy atom. The lowest BCUT2D eigenvalue weighted by atomic mass is 9.44. The molecule has 0 heterocycles. The van der Waals surface area contributed by atoms with Crippen molar-refractivity contribution < 1.29 is 14.3 Å². The van der Waals surface area contributed by atoms with Crippen molar-refractivity contribution >= 4 is 11.8 Å². The van der Waals surface area contributed by atoms with E-state index in [2.05, 4.69) is 26.8 Å². The molecule has 0 spiro atoms. The van der Waals surface area contributed by atoms with Crippen LogP contribution in [-0.2, 0) is 14.3 Å². The van der Waals surface area contributed by atoms with Gasteiger partial charge < -0.3 is 4.74 Å². The van der Waals surface area contributed by atoms with Crippen LogP contribution in [0.5, 0.6) is 0 Å². The number of hydrogen-bond donors (Lipinski definition) is 0. The van der Waals surface area contributed by atoms with E-state index in [-0.39, 0.29) is 28.8 Å². The van der Waals surface area contributed by atoms with Crippen molar-refractivity contribution in [2.75, 3.05) is 0 Å². The Balaban J connectivity index is 1.64. The number of hydrogen-bond acceptors (Lipinski definition) is 3. The van der Waals surface area contributed by atoms with Gasteiger partial charge in [-0.05, 0) is 86.4 Å². The van der Waals surface area contributed by atoms with Gasteiger partial charge in [0, 0.05) is 19.3 Å². The standard InChI is InChI=1S/C28H44O3/c1-6-7-8-9-20-16-22(31-19(3)30)17-21-10-11-23-25-13-12-24(18(2)29)27(25,4)15-14-26(23)28(20,21)5/h10,20,22-26H,6-9,11-17H2,1-5H3/t20?,22?,23-,24+,25-,26-,27+,28-/m0/s1. The SMILES string of the molecule is CCCCCC1CC(OC(C)=O)CC2=CC[C@H]3[C@@H]4CC[C@H](C(C)=O)[C@@]4(C)CC[C@@H]3[C@]21C. The number of carbonyl (C=O) groups is 2. The fraction of sp³-hybridized carbons (Fsp3) is 0.857. The summed E-state index contributed by atoms with van der Waals surface area (Å²) in [5.41, 5.74) is 2.03. The zero-order valence-corrected chi connectivity index (χ0v) is 20.5. The first kappa shape index (κ1) is 23.1. The summed E-state index contributed by atoms with van der Waals surface area (Å²) in [6, 6.07) is 0. The van der Waals surface area contributed by atoms with Gasteiger partial charge in [-0.3, -0.25) is 9.59 Å². The van der Waals surface area contributed by atoms with Crippen molar-refractivity contribution in [3.63, 3.8) is 0 Å².